The van der Waals surface area contributed by atoms with Gasteiger partial charge in [-0.05, 0) is 36.2 Å². The van der Waals surface area contributed by atoms with Crippen molar-refractivity contribution in [2.45, 2.75) is 13.5 Å². The Morgan fingerprint density at radius 3 is 2.88 bits per heavy atom. The highest BCUT2D eigenvalue weighted by Crippen LogP contribution is 2.18. The third-order valence-corrected chi connectivity index (χ3v) is 2.77. The van der Waals surface area contributed by atoms with Crippen LogP contribution in [-0.2, 0) is 6.54 Å². The van der Waals surface area contributed by atoms with Crippen LogP contribution in [0.3, 0.4) is 0 Å². The van der Waals surface area contributed by atoms with Crippen LogP contribution in [0.25, 0.3) is 0 Å². The molecule has 0 radical (unpaired) electrons. The van der Waals surface area contributed by atoms with Crippen LogP contribution in [0.4, 0.5) is 10.1 Å². The van der Waals surface area contributed by atoms with E-state index < -0.39 is 0 Å². The number of nitrogens with one attached hydrogen (secondary N) is 1. The molecule has 0 aliphatic carbocycles. The van der Waals surface area contributed by atoms with Crippen LogP contribution < -0.4 is 5.32 Å². The average Bonchev–Trinajstić information content (AvgIpc) is 2.32. The van der Waals surface area contributed by atoms with Crippen molar-refractivity contribution in [3.8, 4) is 0 Å². The number of hydrogen-bond acceptors (Lipinski definition) is 2. The standard InChI is InChI=1S/C13H12ClFN2/c1-9-7-10(4-5-11(9)15)8-17-12-3-2-6-16-13(12)14/h2-7,17H,8H2,1H3. The highest BCUT2D eigenvalue weighted by atomic mass is 35.5. The minimum absolute atomic E-state index is 0.187. The number of benzene rings is 1. The number of anilines is 1. The van der Waals surface area contributed by atoms with Crippen molar-refractivity contribution in [2.24, 2.45) is 0 Å². The first-order valence-corrected chi connectivity index (χ1v) is 5.64. The van der Waals surface area contributed by atoms with E-state index in [1.807, 2.05) is 18.2 Å². The van der Waals surface area contributed by atoms with Gasteiger partial charge in [-0.3, -0.25) is 0 Å². The lowest BCUT2D eigenvalue weighted by molar-refractivity contribution is 0.617. The van der Waals surface area contributed by atoms with Crippen molar-refractivity contribution >= 4 is 17.3 Å². The van der Waals surface area contributed by atoms with E-state index in [0.29, 0.717) is 17.3 Å². The monoisotopic (exact) mass is 250 g/mol. The quantitative estimate of drug-likeness (QED) is 0.839. The maximum Gasteiger partial charge on any atom is 0.152 e. The third-order valence-electron chi connectivity index (χ3n) is 2.46. The summed E-state index contributed by atoms with van der Waals surface area (Å²) in [5, 5.41) is 3.60. The van der Waals surface area contributed by atoms with E-state index in [-0.39, 0.29) is 5.82 Å². The van der Waals surface area contributed by atoms with Crippen molar-refractivity contribution < 1.29 is 4.39 Å². The van der Waals surface area contributed by atoms with Gasteiger partial charge in [-0.1, -0.05) is 23.7 Å². The Morgan fingerprint density at radius 1 is 1.35 bits per heavy atom. The predicted octanol–water partition coefficient (Wildman–Crippen LogP) is 3.79. The summed E-state index contributed by atoms with van der Waals surface area (Å²) in [5.41, 5.74) is 2.42. The molecule has 2 rings (SSSR count). The van der Waals surface area contributed by atoms with Gasteiger partial charge >= 0.3 is 0 Å². The fourth-order valence-electron chi connectivity index (χ4n) is 1.53. The molecule has 1 aromatic heterocycles. The van der Waals surface area contributed by atoms with Crippen LogP contribution in [-0.4, -0.2) is 4.98 Å². The second-order valence-electron chi connectivity index (χ2n) is 3.78. The van der Waals surface area contributed by atoms with Gasteiger partial charge in [0.2, 0.25) is 0 Å². The largest absolute Gasteiger partial charge is 0.378 e. The lowest BCUT2D eigenvalue weighted by Crippen LogP contribution is -2.01. The molecule has 1 heterocycles. The van der Waals surface area contributed by atoms with E-state index in [9.17, 15) is 4.39 Å². The Labute approximate surface area is 104 Å². The Morgan fingerprint density at radius 2 is 2.18 bits per heavy atom. The lowest BCUT2D eigenvalue weighted by atomic mass is 10.1. The molecule has 88 valence electrons. The van der Waals surface area contributed by atoms with E-state index in [0.717, 1.165) is 11.3 Å². The zero-order valence-corrected chi connectivity index (χ0v) is 10.1. The summed E-state index contributed by atoms with van der Waals surface area (Å²) in [6.07, 6.45) is 1.63. The summed E-state index contributed by atoms with van der Waals surface area (Å²) in [6.45, 7) is 2.34. The zero-order chi connectivity index (χ0) is 12.3. The molecule has 0 amide bonds. The van der Waals surface area contributed by atoms with E-state index in [1.54, 1.807) is 19.2 Å². The van der Waals surface area contributed by atoms with Crippen LogP contribution >= 0.6 is 11.6 Å². The smallest absolute Gasteiger partial charge is 0.152 e. The van der Waals surface area contributed by atoms with Crippen LogP contribution in [0, 0.1) is 12.7 Å². The molecule has 0 spiro atoms. The molecule has 0 fully saturated rings. The minimum Gasteiger partial charge on any atom is -0.378 e. The summed E-state index contributed by atoms with van der Waals surface area (Å²) >= 11 is 5.91. The number of hydrogen-bond donors (Lipinski definition) is 1. The van der Waals surface area contributed by atoms with Gasteiger partial charge < -0.3 is 5.32 Å². The molecule has 0 aliphatic heterocycles. The molecule has 0 saturated heterocycles. The maximum atomic E-state index is 13.1. The fraction of sp³-hybridized carbons (Fsp3) is 0.154. The second-order valence-corrected chi connectivity index (χ2v) is 4.14. The van der Waals surface area contributed by atoms with Gasteiger partial charge in [0, 0.05) is 12.7 Å². The zero-order valence-electron chi connectivity index (χ0n) is 9.37. The Balaban J connectivity index is 2.08. The van der Waals surface area contributed by atoms with Crippen LogP contribution in [0.2, 0.25) is 5.15 Å². The van der Waals surface area contributed by atoms with E-state index in [4.69, 9.17) is 11.6 Å². The number of nitrogens with zero attached hydrogens (tertiary/aromatic N) is 1. The number of aromatic nitrogens is 1. The summed E-state index contributed by atoms with van der Waals surface area (Å²) in [4.78, 5) is 3.97. The molecule has 2 aromatic rings. The van der Waals surface area contributed by atoms with Crippen molar-refractivity contribution in [1.82, 2.24) is 4.98 Å². The van der Waals surface area contributed by atoms with Gasteiger partial charge in [0.1, 0.15) is 5.82 Å². The molecule has 0 saturated carbocycles. The van der Waals surface area contributed by atoms with Crippen LogP contribution in [0.1, 0.15) is 11.1 Å². The highest BCUT2D eigenvalue weighted by Gasteiger charge is 2.01. The number of rotatable bonds is 3. The van der Waals surface area contributed by atoms with Gasteiger partial charge in [-0.2, -0.15) is 0 Å². The van der Waals surface area contributed by atoms with E-state index in [2.05, 4.69) is 10.3 Å². The molecule has 17 heavy (non-hydrogen) atoms. The minimum atomic E-state index is -0.187. The van der Waals surface area contributed by atoms with Crippen LogP contribution in [0.15, 0.2) is 36.5 Å². The van der Waals surface area contributed by atoms with Gasteiger partial charge in [0.05, 0.1) is 5.69 Å². The summed E-state index contributed by atoms with van der Waals surface area (Å²) < 4.78 is 13.1. The molecule has 0 bridgehead atoms. The Kier molecular flexibility index (Phi) is 3.59. The number of pyridine rings is 1. The van der Waals surface area contributed by atoms with Gasteiger partial charge in [0.25, 0.3) is 0 Å². The molecule has 1 aromatic carbocycles. The lowest BCUT2D eigenvalue weighted by Gasteiger charge is -2.08. The normalized spacial score (nSPS) is 10.3. The molecule has 0 atom stereocenters. The molecule has 0 aliphatic rings. The van der Waals surface area contributed by atoms with Crippen molar-refractivity contribution in [3.63, 3.8) is 0 Å². The Hall–Kier alpha value is -1.61. The fourth-order valence-corrected chi connectivity index (χ4v) is 1.72. The first kappa shape index (κ1) is 11.9. The molecular weight excluding hydrogens is 239 g/mol. The predicted molar refractivity (Wildman–Crippen MR) is 67.7 cm³/mol. The molecule has 1 N–H and O–H groups in total. The van der Waals surface area contributed by atoms with Gasteiger partial charge in [-0.25, -0.2) is 9.37 Å². The highest BCUT2D eigenvalue weighted by molar-refractivity contribution is 6.31. The first-order chi connectivity index (χ1) is 8.16. The van der Waals surface area contributed by atoms with Crippen molar-refractivity contribution in [2.75, 3.05) is 5.32 Å². The SMILES string of the molecule is Cc1cc(CNc2cccnc2Cl)ccc1F. The van der Waals surface area contributed by atoms with Gasteiger partial charge in [0.15, 0.2) is 5.15 Å². The number of halogens is 2. The van der Waals surface area contributed by atoms with E-state index >= 15 is 0 Å². The molecule has 0 unspecified atom stereocenters. The van der Waals surface area contributed by atoms with Crippen molar-refractivity contribution in [3.05, 3.63) is 58.6 Å². The van der Waals surface area contributed by atoms with Gasteiger partial charge in [-0.15, -0.1) is 0 Å². The Bertz CT molecular complexity index is 529. The summed E-state index contributed by atoms with van der Waals surface area (Å²) in [6, 6.07) is 8.69. The summed E-state index contributed by atoms with van der Waals surface area (Å²) in [5.74, 6) is -0.187. The third kappa shape index (κ3) is 2.94. The topological polar surface area (TPSA) is 24.9 Å². The van der Waals surface area contributed by atoms with Crippen LogP contribution in [0.5, 0.6) is 0 Å². The molecule has 2 nitrogen and oxygen atoms in total. The average molecular weight is 251 g/mol. The summed E-state index contributed by atoms with van der Waals surface area (Å²) in [7, 11) is 0. The van der Waals surface area contributed by atoms with E-state index in [1.165, 1.54) is 6.07 Å². The second kappa shape index (κ2) is 5.15. The maximum absolute atomic E-state index is 13.1. The molecular formula is C13H12ClFN2. The van der Waals surface area contributed by atoms with Crippen molar-refractivity contribution in [1.29, 1.82) is 0 Å². The first-order valence-electron chi connectivity index (χ1n) is 5.26. The molecule has 4 heteroatoms. The number of aryl methyl sites for hydroxylation is 1.